The molecule has 0 saturated heterocycles. The van der Waals surface area contributed by atoms with E-state index in [0.717, 1.165) is 6.26 Å². The molecule has 2 rings (SSSR count). The molecule has 6 nitrogen and oxygen atoms in total. The van der Waals surface area contributed by atoms with E-state index in [9.17, 15) is 18.0 Å². The second kappa shape index (κ2) is 7.27. The fourth-order valence-corrected chi connectivity index (χ4v) is 2.93. The zero-order chi connectivity index (χ0) is 17.7. The van der Waals surface area contributed by atoms with Gasteiger partial charge in [0.2, 0.25) is 0 Å². The fraction of sp³-hybridized carbons (Fsp3) is 0.176. The topological polar surface area (TPSA) is 80.8 Å². The third-order valence-electron chi connectivity index (χ3n) is 3.35. The minimum atomic E-state index is -3.57. The normalized spacial score (nSPS) is 10.9. The van der Waals surface area contributed by atoms with Crippen LogP contribution in [0.15, 0.2) is 59.5 Å². The van der Waals surface area contributed by atoms with Crippen molar-refractivity contribution in [2.24, 2.45) is 0 Å². The van der Waals surface area contributed by atoms with Gasteiger partial charge in [-0.25, -0.2) is 13.2 Å². The molecule has 0 aliphatic carbocycles. The van der Waals surface area contributed by atoms with E-state index in [1.807, 2.05) is 6.07 Å². The number of anilines is 1. The lowest BCUT2D eigenvalue weighted by atomic mass is 10.2. The Hall–Kier alpha value is -2.67. The van der Waals surface area contributed by atoms with Crippen LogP contribution in [0.5, 0.6) is 0 Å². The lowest BCUT2D eigenvalue weighted by Gasteiger charge is -2.17. The molecular weight excluding hydrogens is 330 g/mol. The number of para-hydroxylation sites is 1. The number of hydrogen-bond donors (Lipinski definition) is 0. The first kappa shape index (κ1) is 17.7. The van der Waals surface area contributed by atoms with Gasteiger partial charge in [0.15, 0.2) is 16.4 Å². The molecule has 0 spiro atoms. The number of nitrogens with zero attached hydrogens (tertiary/aromatic N) is 1. The van der Waals surface area contributed by atoms with E-state index in [1.165, 1.54) is 29.2 Å². The number of benzene rings is 2. The minimum absolute atomic E-state index is 0.0878. The van der Waals surface area contributed by atoms with Crippen LogP contribution in [0.25, 0.3) is 0 Å². The summed E-state index contributed by atoms with van der Waals surface area (Å²) in [4.78, 5) is 25.4. The summed E-state index contributed by atoms with van der Waals surface area (Å²) in [7, 11) is -2.01. The van der Waals surface area contributed by atoms with Crippen molar-refractivity contribution in [2.75, 3.05) is 24.8 Å². The molecule has 0 heterocycles. The van der Waals surface area contributed by atoms with Crippen LogP contribution in [-0.2, 0) is 19.4 Å². The molecule has 0 unspecified atom stereocenters. The van der Waals surface area contributed by atoms with Crippen molar-refractivity contribution in [1.29, 1.82) is 0 Å². The van der Waals surface area contributed by atoms with Gasteiger partial charge in [-0.1, -0.05) is 30.3 Å². The van der Waals surface area contributed by atoms with Crippen molar-refractivity contribution >= 4 is 27.4 Å². The molecule has 0 bridgehead atoms. The summed E-state index contributed by atoms with van der Waals surface area (Å²) < 4.78 is 28.4. The number of carbonyl (C=O) groups excluding carboxylic acids is 2. The van der Waals surface area contributed by atoms with Gasteiger partial charge in [0.25, 0.3) is 5.91 Å². The van der Waals surface area contributed by atoms with Gasteiger partial charge in [0, 0.05) is 19.0 Å². The standard InChI is InChI=1S/C17H17NO5S/c1-18(13-8-4-3-5-9-13)16(19)12-23-17(20)14-10-6-7-11-15(14)24(2,21)22/h3-11H,12H2,1-2H3. The highest BCUT2D eigenvalue weighted by Gasteiger charge is 2.21. The zero-order valence-electron chi connectivity index (χ0n) is 13.3. The van der Waals surface area contributed by atoms with Crippen molar-refractivity contribution in [3.8, 4) is 0 Å². The zero-order valence-corrected chi connectivity index (χ0v) is 14.1. The van der Waals surface area contributed by atoms with Crippen molar-refractivity contribution in [1.82, 2.24) is 0 Å². The van der Waals surface area contributed by atoms with Crippen LogP contribution in [0.4, 0.5) is 5.69 Å². The van der Waals surface area contributed by atoms with E-state index in [4.69, 9.17) is 4.74 Å². The van der Waals surface area contributed by atoms with Gasteiger partial charge < -0.3 is 9.64 Å². The van der Waals surface area contributed by atoms with Crippen LogP contribution >= 0.6 is 0 Å². The Balaban J connectivity index is 2.08. The van der Waals surface area contributed by atoms with Crippen LogP contribution in [0.2, 0.25) is 0 Å². The number of amides is 1. The summed E-state index contributed by atoms with van der Waals surface area (Å²) in [6.45, 7) is -0.484. The van der Waals surface area contributed by atoms with E-state index in [-0.39, 0.29) is 10.5 Å². The van der Waals surface area contributed by atoms with Gasteiger partial charge in [-0.3, -0.25) is 4.79 Å². The Morgan fingerprint density at radius 2 is 1.58 bits per heavy atom. The maximum atomic E-state index is 12.1. The second-order valence-electron chi connectivity index (χ2n) is 5.13. The number of ether oxygens (including phenoxy) is 1. The Bertz CT molecular complexity index is 846. The second-order valence-corrected chi connectivity index (χ2v) is 7.12. The highest BCUT2D eigenvalue weighted by atomic mass is 32.2. The molecule has 7 heteroatoms. The van der Waals surface area contributed by atoms with Gasteiger partial charge >= 0.3 is 5.97 Å². The van der Waals surface area contributed by atoms with Crippen molar-refractivity contribution in [2.45, 2.75) is 4.90 Å². The Morgan fingerprint density at radius 1 is 1.00 bits per heavy atom. The van der Waals surface area contributed by atoms with E-state index in [1.54, 1.807) is 31.3 Å². The first-order valence-electron chi connectivity index (χ1n) is 7.08. The summed E-state index contributed by atoms with van der Waals surface area (Å²) in [6.07, 6.45) is 1.01. The van der Waals surface area contributed by atoms with Gasteiger partial charge in [-0.05, 0) is 24.3 Å². The van der Waals surface area contributed by atoms with Crippen LogP contribution in [0.1, 0.15) is 10.4 Å². The number of sulfone groups is 1. The maximum Gasteiger partial charge on any atom is 0.339 e. The number of likely N-dealkylation sites (N-methyl/N-ethyl adjacent to an activating group) is 1. The van der Waals surface area contributed by atoms with E-state index >= 15 is 0 Å². The molecule has 24 heavy (non-hydrogen) atoms. The SMILES string of the molecule is CN(C(=O)COC(=O)c1ccccc1S(C)(=O)=O)c1ccccc1. The average Bonchev–Trinajstić information content (AvgIpc) is 2.58. The van der Waals surface area contributed by atoms with Gasteiger partial charge in [0.05, 0.1) is 10.5 Å². The van der Waals surface area contributed by atoms with Crippen molar-refractivity contribution in [3.05, 3.63) is 60.2 Å². The molecule has 0 radical (unpaired) electrons. The molecule has 2 aromatic carbocycles. The summed E-state index contributed by atoms with van der Waals surface area (Å²) >= 11 is 0. The first-order chi connectivity index (χ1) is 11.3. The lowest BCUT2D eigenvalue weighted by molar-refractivity contribution is -0.121. The summed E-state index contributed by atoms with van der Waals surface area (Å²) in [6, 6.07) is 14.6. The smallest absolute Gasteiger partial charge is 0.339 e. The van der Waals surface area contributed by atoms with Gasteiger partial charge in [-0.15, -0.1) is 0 Å². The van der Waals surface area contributed by atoms with Crippen LogP contribution in [0.3, 0.4) is 0 Å². The minimum Gasteiger partial charge on any atom is -0.452 e. The van der Waals surface area contributed by atoms with Crippen LogP contribution in [0, 0.1) is 0 Å². The predicted octanol–water partition coefficient (Wildman–Crippen LogP) is 1.91. The Labute approximate surface area is 140 Å². The number of esters is 1. The highest BCUT2D eigenvalue weighted by Crippen LogP contribution is 2.17. The summed E-state index contributed by atoms with van der Waals surface area (Å²) in [5, 5.41) is 0. The molecule has 0 aliphatic heterocycles. The van der Waals surface area contributed by atoms with Crippen molar-refractivity contribution < 1.29 is 22.7 Å². The third-order valence-corrected chi connectivity index (χ3v) is 4.51. The predicted molar refractivity (Wildman–Crippen MR) is 89.7 cm³/mol. The highest BCUT2D eigenvalue weighted by molar-refractivity contribution is 7.90. The first-order valence-corrected chi connectivity index (χ1v) is 8.97. The summed E-state index contributed by atoms with van der Waals surface area (Å²) in [5.41, 5.74) is 0.574. The molecule has 0 aromatic heterocycles. The van der Waals surface area contributed by atoms with E-state index < -0.39 is 28.3 Å². The van der Waals surface area contributed by atoms with E-state index in [2.05, 4.69) is 0 Å². The largest absolute Gasteiger partial charge is 0.452 e. The average molecular weight is 347 g/mol. The van der Waals surface area contributed by atoms with Crippen LogP contribution < -0.4 is 4.90 Å². The quantitative estimate of drug-likeness (QED) is 0.772. The molecule has 0 fully saturated rings. The molecule has 126 valence electrons. The fourth-order valence-electron chi connectivity index (χ4n) is 2.06. The Kier molecular flexibility index (Phi) is 5.35. The lowest BCUT2D eigenvalue weighted by Crippen LogP contribution is -2.31. The maximum absolute atomic E-state index is 12.1. The van der Waals surface area contributed by atoms with Gasteiger partial charge in [-0.2, -0.15) is 0 Å². The number of carbonyl (C=O) groups is 2. The molecular formula is C17H17NO5S. The van der Waals surface area contributed by atoms with E-state index in [0.29, 0.717) is 5.69 Å². The summed E-state index contributed by atoms with van der Waals surface area (Å²) in [5.74, 6) is -1.28. The molecule has 0 N–H and O–H groups in total. The monoisotopic (exact) mass is 347 g/mol. The molecule has 0 atom stereocenters. The Morgan fingerprint density at radius 3 is 2.21 bits per heavy atom. The molecule has 0 aliphatic rings. The third kappa shape index (κ3) is 4.20. The van der Waals surface area contributed by atoms with Gasteiger partial charge in [0.1, 0.15) is 0 Å². The molecule has 1 amide bonds. The van der Waals surface area contributed by atoms with Crippen LogP contribution in [-0.4, -0.2) is 40.2 Å². The molecule has 2 aromatic rings. The van der Waals surface area contributed by atoms with Crippen molar-refractivity contribution in [3.63, 3.8) is 0 Å². The number of rotatable bonds is 5. The number of hydrogen-bond acceptors (Lipinski definition) is 5. The molecule has 0 saturated carbocycles.